The Kier molecular flexibility index (Phi) is 9.84. The largest absolute Gasteiger partial charge is 0.462 e. The van der Waals surface area contributed by atoms with E-state index in [4.69, 9.17) is 9.47 Å². The van der Waals surface area contributed by atoms with Crippen molar-refractivity contribution in [2.75, 3.05) is 13.2 Å². The van der Waals surface area contributed by atoms with E-state index in [2.05, 4.69) is 6.92 Å². The second-order valence-electron chi connectivity index (χ2n) is 6.85. The Morgan fingerprint density at radius 1 is 0.679 bits per heavy atom. The highest BCUT2D eigenvalue weighted by atomic mass is 16.5. The molecule has 0 spiro atoms. The molecule has 0 aliphatic rings. The molecule has 0 N–H and O–H groups in total. The molecule has 0 saturated carbocycles. The Labute approximate surface area is 167 Å². The van der Waals surface area contributed by atoms with E-state index in [0.717, 1.165) is 18.4 Å². The first-order chi connectivity index (χ1) is 13.7. The minimum atomic E-state index is -0.386. The fourth-order valence-corrected chi connectivity index (χ4v) is 2.86. The van der Waals surface area contributed by atoms with Gasteiger partial charge in [0.2, 0.25) is 0 Å². The van der Waals surface area contributed by atoms with Crippen LogP contribution in [0.1, 0.15) is 71.7 Å². The first-order valence-corrected chi connectivity index (χ1v) is 10.2. The van der Waals surface area contributed by atoms with Crippen LogP contribution in [0, 0.1) is 0 Å². The highest BCUT2D eigenvalue weighted by molar-refractivity contribution is 5.93. The third-order valence-corrected chi connectivity index (χ3v) is 4.55. The fraction of sp³-hybridized carbons (Fsp3) is 0.417. The molecular weight excluding hydrogens is 352 g/mol. The van der Waals surface area contributed by atoms with Crippen LogP contribution in [0.4, 0.5) is 0 Å². The third-order valence-electron chi connectivity index (χ3n) is 4.55. The first kappa shape index (κ1) is 21.7. The first-order valence-electron chi connectivity index (χ1n) is 10.2. The van der Waals surface area contributed by atoms with Crippen molar-refractivity contribution in [2.45, 2.75) is 51.9 Å². The van der Waals surface area contributed by atoms with E-state index in [-0.39, 0.29) is 11.9 Å². The zero-order valence-corrected chi connectivity index (χ0v) is 16.7. The predicted octanol–water partition coefficient (Wildman–Crippen LogP) is 5.60. The van der Waals surface area contributed by atoms with Crippen LogP contribution in [0.5, 0.6) is 0 Å². The molecule has 2 aromatic rings. The van der Waals surface area contributed by atoms with Crippen molar-refractivity contribution < 1.29 is 19.1 Å². The van der Waals surface area contributed by atoms with Crippen molar-refractivity contribution in [3.8, 4) is 0 Å². The summed E-state index contributed by atoms with van der Waals surface area (Å²) in [5, 5.41) is 0. The van der Waals surface area contributed by atoms with Gasteiger partial charge in [-0.25, -0.2) is 9.59 Å². The maximum absolute atomic E-state index is 12.1. The van der Waals surface area contributed by atoms with Gasteiger partial charge in [-0.2, -0.15) is 0 Å². The van der Waals surface area contributed by atoms with E-state index < -0.39 is 0 Å². The Balaban J connectivity index is 1.68. The Morgan fingerprint density at radius 3 is 1.82 bits per heavy atom. The molecule has 0 saturated heterocycles. The van der Waals surface area contributed by atoms with E-state index in [0.29, 0.717) is 30.8 Å². The van der Waals surface area contributed by atoms with Crippen molar-refractivity contribution in [3.05, 3.63) is 71.3 Å². The minimum absolute atomic E-state index is 0.324. The quantitative estimate of drug-likeness (QED) is 0.354. The van der Waals surface area contributed by atoms with Crippen LogP contribution in [0.3, 0.4) is 0 Å². The maximum Gasteiger partial charge on any atom is 0.338 e. The van der Waals surface area contributed by atoms with E-state index >= 15 is 0 Å². The van der Waals surface area contributed by atoms with Crippen LogP contribution in [0.2, 0.25) is 0 Å². The summed E-state index contributed by atoms with van der Waals surface area (Å²) < 4.78 is 10.6. The third kappa shape index (κ3) is 7.95. The number of carbonyl (C=O) groups excluding carboxylic acids is 2. The van der Waals surface area contributed by atoms with Crippen LogP contribution >= 0.6 is 0 Å². The van der Waals surface area contributed by atoms with Gasteiger partial charge < -0.3 is 9.47 Å². The summed E-state index contributed by atoms with van der Waals surface area (Å²) in [4.78, 5) is 24.1. The van der Waals surface area contributed by atoms with Gasteiger partial charge in [0.05, 0.1) is 24.3 Å². The van der Waals surface area contributed by atoms with E-state index in [1.165, 1.54) is 25.7 Å². The molecular formula is C24H30O4. The zero-order valence-electron chi connectivity index (χ0n) is 16.7. The summed E-state index contributed by atoms with van der Waals surface area (Å²) in [6.07, 6.45) is 7.57. The van der Waals surface area contributed by atoms with Gasteiger partial charge in [-0.3, -0.25) is 0 Å². The SMILES string of the molecule is CCCCCCCCOC(=O)c1ccc(C(=O)OCCc2ccccc2)cc1. The molecule has 0 atom stereocenters. The standard InChI is InChI=1S/C24H30O4/c1-2-3-4-5-6-10-18-27-23(25)21-13-15-22(16-14-21)24(26)28-19-17-20-11-8-7-9-12-20/h7-9,11-16H,2-6,10,17-19H2,1H3. The number of unbranched alkanes of at least 4 members (excludes halogenated alkanes) is 5. The molecule has 0 aliphatic carbocycles. The molecule has 4 nitrogen and oxygen atoms in total. The van der Waals surface area contributed by atoms with Crippen molar-refractivity contribution in [3.63, 3.8) is 0 Å². The van der Waals surface area contributed by atoms with Crippen LogP contribution in [-0.2, 0) is 15.9 Å². The molecule has 0 bridgehead atoms. The summed E-state index contributed by atoms with van der Waals surface area (Å²) >= 11 is 0. The molecule has 2 rings (SSSR count). The lowest BCUT2D eigenvalue weighted by Gasteiger charge is -2.07. The van der Waals surface area contributed by atoms with Gasteiger partial charge in [0.15, 0.2) is 0 Å². The van der Waals surface area contributed by atoms with Gasteiger partial charge in [0, 0.05) is 6.42 Å². The molecule has 150 valence electrons. The minimum Gasteiger partial charge on any atom is -0.462 e. The van der Waals surface area contributed by atoms with Gasteiger partial charge in [0.25, 0.3) is 0 Å². The molecule has 0 unspecified atom stereocenters. The predicted molar refractivity (Wildman–Crippen MR) is 111 cm³/mol. The average Bonchev–Trinajstić information content (AvgIpc) is 2.73. The second-order valence-corrected chi connectivity index (χ2v) is 6.85. The summed E-state index contributed by atoms with van der Waals surface area (Å²) in [6, 6.07) is 16.3. The monoisotopic (exact) mass is 382 g/mol. The molecule has 28 heavy (non-hydrogen) atoms. The van der Waals surface area contributed by atoms with E-state index in [1.807, 2.05) is 30.3 Å². The maximum atomic E-state index is 12.1. The molecule has 4 heteroatoms. The summed E-state index contributed by atoms with van der Waals surface area (Å²) in [5.74, 6) is -0.736. The molecule has 0 radical (unpaired) electrons. The van der Waals surface area contributed by atoms with Crippen LogP contribution < -0.4 is 0 Å². The van der Waals surface area contributed by atoms with E-state index in [1.54, 1.807) is 24.3 Å². The molecule has 0 aliphatic heterocycles. The molecule has 0 aromatic heterocycles. The highest BCUT2D eigenvalue weighted by Gasteiger charge is 2.11. The van der Waals surface area contributed by atoms with Gasteiger partial charge in [-0.15, -0.1) is 0 Å². The number of hydrogen-bond donors (Lipinski definition) is 0. The molecule has 0 heterocycles. The molecule has 0 fully saturated rings. The number of rotatable bonds is 12. The average molecular weight is 383 g/mol. The lowest BCUT2D eigenvalue weighted by atomic mass is 10.1. The highest BCUT2D eigenvalue weighted by Crippen LogP contribution is 2.10. The van der Waals surface area contributed by atoms with Crippen molar-refractivity contribution >= 4 is 11.9 Å². The van der Waals surface area contributed by atoms with Gasteiger partial charge in [-0.1, -0.05) is 69.4 Å². The Morgan fingerprint density at radius 2 is 1.21 bits per heavy atom. The van der Waals surface area contributed by atoms with Crippen LogP contribution in [0.25, 0.3) is 0 Å². The topological polar surface area (TPSA) is 52.6 Å². The van der Waals surface area contributed by atoms with Gasteiger partial charge >= 0.3 is 11.9 Å². The van der Waals surface area contributed by atoms with Crippen molar-refractivity contribution in [1.82, 2.24) is 0 Å². The Hall–Kier alpha value is -2.62. The number of benzene rings is 2. The summed E-state index contributed by atoms with van der Waals surface area (Å²) in [5.41, 5.74) is 2.01. The Bertz CT molecular complexity index is 707. The van der Waals surface area contributed by atoms with Gasteiger partial charge in [0.1, 0.15) is 0 Å². The van der Waals surface area contributed by atoms with Crippen LogP contribution in [-0.4, -0.2) is 25.2 Å². The second kappa shape index (κ2) is 12.7. The summed E-state index contributed by atoms with van der Waals surface area (Å²) in [7, 11) is 0. The normalized spacial score (nSPS) is 10.5. The molecule has 2 aromatic carbocycles. The number of esters is 2. The summed E-state index contributed by atoms with van der Waals surface area (Å²) in [6.45, 7) is 2.95. The number of hydrogen-bond acceptors (Lipinski definition) is 4. The van der Waals surface area contributed by atoms with Crippen molar-refractivity contribution in [2.24, 2.45) is 0 Å². The van der Waals surface area contributed by atoms with Crippen molar-refractivity contribution in [1.29, 1.82) is 0 Å². The lowest BCUT2D eigenvalue weighted by molar-refractivity contribution is 0.0487. The smallest absolute Gasteiger partial charge is 0.338 e. The number of ether oxygens (including phenoxy) is 2. The fourth-order valence-electron chi connectivity index (χ4n) is 2.86. The molecule has 0 amide bonds. The lowest BCUT2D eigenvalue weighted by Crippen LogP contribution is -2.10. The van der Waals surface area contributed by atoms with Gasteiger partial charge in [-0.05, 0) is 36.2 Å². The van der Waals surface area contributed by atoms with Crippen LogP contribution in [0.15, 0.2) is 54.6 Å². The number of carbonyl (C=O) groups is 2. The zero-order chi connectivity index (χ0) is 20.0. The van der Waals surface area contributed by atoms with E-state index in [9.17, 15) is 9.59 Å².